The summed E-state index contributed by atoms with van der Waals surface area (Å²) < 4.78 is 15.1. The normalized spacial score (nSPS) is 21.7. The van der Waals surface area contributed by atoms with Crippen molar-refractivity contribution >= 4 is 33.8 Å². The Morgan fingerprint density at radius 3 is 2.60 bits per heavy atom. The van der Waals surface area contributed by atoms with Crippen molar-refractivity contribution in [3.05, 3.63) is 46.9 Å². The Morgan fingerprint density at radius 1 is 1.05 bits per heavy atom. The smallest absolute Gasteiger partial charge is 0.410 e. The van der Waals surface area contributed by atoms with Crippen LogP contribution in [0.1, 0.15) is 65.7 Å². The molecule has 2 fully saturated rings. The zero-order chi connectivity index (χ0) is 29.8. The van der Waals surface area contributed by atoms with E-state index in [9.17, 15) is 9.59 Å². The van der Waals surface area contributed by atoms with E-state index < -0.39 is 5.60 Å². The van der Waals surface area contributed by atoms with E-state index in [1.165, 1.54) is 6.33 Å². The first-order valence-electron chi connectivity index (χ1n) is 14.6. The highest BCUT2D eigenvalue weighted by atomic mass is 16.6. The molecule has 5 heterocycles. The number of aryl methyl sites for hydroxylation is 1. The van der Waals surface area contributed by atoms with Crippen LogP contribution in [0.2, 0.25) is 0 Å². The number of carbonyl (C=O) groups is 1. The highest BCUT2D eigenvalue weighted by Crippen LogP contribution is 2.31. The number of hydrogen-bond donors (Lipinski definition) is 0. The number of anilines is 1. The fourth-order valence-corrected chi connectivity index (χ4v) is 5.97. The van der Waals surface area contributed by atoms with E-state index in [4.69, 9.17) is 14.5 Å². The van der Waals surface area contributed by atoms with Crippen molar-refractivity contribution in [2.75, 3.05) is 24.6 Å². The molecular weight excluding hydrogens is 536 g/mol. The van der Waals surface area contributed by atoms with Crippen molar-refractivity contribution in [3.63, 3.8) is 0 Å². The van der Waals surface area contributed by atoms with Gasteiger partial charge in [0.25, 0.3) is 5.56 Å². The molecule has 4 aromatic rings. The molecule has 3 atom stereocenters. The van der Waals surface area contributed by atoms with Crippen molar-refractivity contribution in [3.8, 4) is 5.69 Å². The molecule has 2 aliphatic heterocycles. The summed E-state index contributed by atoms with van der Waals surface area (Å²) in [6.45, 7) is 13.2. The zero-order valence-corrected chi connectivity index (χ0v) is 25.1. The van der Waals surface area contributed by atoms with Crippen LogP contribution in [0.5, 0.6) is 0 Å². The van der Waals surface area contributed by atoms with Gasteiger partial charge in [0.15, 0.2) is 17.6 Å². The summed E-state index contributed by atoms with van der Waals surface area (Å²) in [5, 5.41) is 5.50. The van der Waals surface area contributed by atoms with E-state index in [-0.39, 0.29) is 35.5 Å². The molecule has 0 radical (unpaired) electrons. The lowest BCUT2D eigenvalue weighted by molar-refractivity contribution is -0.0366. The molecule has 2 saturated heterocycles. The predicted octanol–water partition coefficient (Wildman–Crippen LogP) is 4.37. The Bertz CT molecular complexity index is 1700. The minimum atomic E-state index is -0.575. The molecular formula is C30H38N8O4. The summed E-state index contributed by atoms with van der Waals surface area (Å²) in [6.07, 6.45) is 7.36. The average Bonchev–Trinajstić information content (AvgIpc) is 3.38. The topological polar surface area (TPSA) is 121 Å². The Labute approximate surface area is 244 Å². The number of piperazine rings is 1. The van der Waals surface area contributed by atoms with Crippen LogP contribution >= 0.6 is 0 Å². The third kappa shape index (κ3) is 4.97. The van der Waals surface area contributed by atoms with Crippen LogP contribution < -0.4 is 10.5 Å². The highest BCUT2D eigenvalue weighted by Gasteiger charge is 2.36. The maximum absolute atomic E-state index is 14.0. The second-order valence-electron chi connectivity index (χ2n) is 12.4. The number of aromatic nitrogens is 6. The van der Waals surface area contributed by atoms with Crippen LogP contribution in [0.3, 0.4) is 0 Å². The highest BCUT2D eigenvalue weighted by molar-refractivity contribution is 5.90. The van der Waals surface area contributed by atoms with Crippen LogP contribution in [0.4, 0.5) is 10.6 Å². The first kappa shape index (κ1) is 28.1. The van der Waals surface area contributed by atoms with Gasteiger partial charge in [0.05, 0.1) is 17.4 Å². The Balaban J connectivity index is 1.36. The molecule has 0 bridgehead atoms. The van der Waals surface area contributed by atoms with Gasteiger partial charge in [-0.25, -0.2) is 24.4 Å². The molecule has 6 rings (SSSR count). The molecule has 222 valence electrons. The van der Waals surface area contributed by atoms with E-state index in [1.54, 1.807) is 22.0 Å². The number of carbonyl (C=O) groups excluding carboxylic acids is 1. The number of amides is 1. The first-order chi connectivity index (χ1) is 20.0. The second kappa shape index (κ2) is 10.6. The van der Waals surface area contributed by atoms with Crippen LogP contribution in [0.15, 0.2) is 35.8 Å². The summed E-state index contributed by atoms with van der Waals surface area (Å²) in [5.41, 5.74) is 2.36. The van der Waals surface area contributed by atoms with Crippen molar-refractivity contribution < 1.29 is 14.3 Å². The first-order valence-corrected chi connectivity index (χ1v) is 14.6. The van der Waals surface area contributed by atoms with Crippen LogP contribution in [0.25, 0.3) is 27.6 Å². The van der Waals surface area contributed by atoms with Gasteiger partial charge in [-0.1, -0.05) is 6.07 Å². The second-order valence-corrected chi connectivity index (χ2v) is 12.4. The fourth-order valence-electron chi connectivity index (χ4n) is 5.97. The van der Waals surface area contributed by atoms with E-state index in [2.05, 4.69) is 20.0 Å². The summed E-state index contributed by atoms with van der Waals surface area (Å²) in [4.78, 5) is 44.3. The van der Waals surface area contributed by atoms with Crippen LogP contribution in [0, 0.1) is 6.92 Å². The average molecular weight is 575 g/mol. The van der Waals surface area contributed by atoms with E-state index >= 15 is 0 Å². The number of benzene rings is 1. The minimum absolute atomic E-state index is 0.0834. The number of ether oxygens (including phenoxy) is 2. The molecule has 0 spiro atoms. The summed E-state index contributed by atoms with van der Waals surface area (Å²) in [7, 11) is 0. The lowest BCUT2D eigenvalue weighted by Gasteiger charge is -2.44. The molecule has 12 nitrogen and oxygen atoms in total. The van der Waals surface area contributed by atoms with Gasteiger partial charge in [-0.05, 0) is 72.4 Å². The Kier molecular flexibility index (Phi) is 7.12. The van der Waals surface area contributed by atoms with E-state index in [0.29, 0.717) is 31.0 Å². The number of nitrogens with zero attached hydrogens (tertiary/aromatic N) is 8. The number of rotatable bonds is 3. The van der Waals surface area contributed by atoms with Crippen molar-refractivity contribution in [1.82, 2.24) is 34.2 Å². The van der Waals surface area contributed by atoms with Crippen molar-refractivity contribution in [1.29, 1.82) is 0 Å². The lowest BCUT2D eigenvalue weighted by atomic mass is 10.1. The maximum atomic E-state index is 14.0. The third-order valence-electron chi connectivity index (χ3n) is 8.04. The summed E-state index contributed by atoms with van der Waals surface area (Å²) in [5.74, 6) is 0.574. The lowest BCUT2D eigenvalue weighted by Crippen LogP contribution is -2.59. The quantitative estimate of drug-likeness (QED) is 0.351. The van der Waals surface area contributed by atoms with Gasteiger partial charge in [0, 0.05) is 37.2 Å². The number of fused-ring (bicyclic) bond motifs is 2. The van der Waals surface area contributed by atoms with Crippen molar-refractivity contribution in [2.24, 2.45) is 0 Å². The monoisotopic (exact) mass is 574 g/mol. The molecule has 2 aliphatic rings. The molecule has 0 aliphatic carbocycles. The molecule has 0 saturated carbocycles. The predicted molar refractivity (Wildman–Crippen MR) is 159 cm³/mol. The third-order valence-corrected chi connectivity index (χ3v) is 8.04. The molecule has 1 aromatic carbocycles. The van der Waals surface area contributed by atoms with E-state index in [1.807, 2.05) is 58.4 Å². The van der Waals surface area contributed by atoms with Gasteiger partial charge in [-0.2, -0.15) is 5.10 Å². The summed E-state index contributed by atoms with van der Waals surface area (Å²) in [6, 6.07) is 3.80. The van der Waals surface area contributed by atoms with Gasteiger partial charge in [0.2, 0.25) is 0 Å². The molecule has 0 N–H and O–H groups in total. The maximum Gasteiger partial charge on any atom is 0.410 e. The molecule has 1 amide bonds. The largest absolute Gasteiger partial charge is 0.444 e. The van der Waals surface area contributed by atoms with Gasteiger partial charge < -0.3 is 19.3 Å². The van der Waals surface area contributed by atoms with Gasteiger partial charge >= 0.3 is 6.09 Å². The van der Waals surface area contributed by atoms with Gasteiger partial charge in [0.1, 0.15) is 23.8 Å². The zero-order valence-electron chi connectivity index (χ0n) is 25.1. The molecule has 3 aromatic heterocycles. The molecule has 42 heavy (non-hydrogen) atoms. The van der Waals surface area contributed by atoms with E-state index in [0.717, 1.165) is 41.4 Å². The Morgan fingerprint density at radius 2 is 1.86 bits per heavy atom. The SMILES string of the molecule is Cc1ccc2c(cnn2[C@@H]2CCCCO2)c1-n1cnc2c(N3C[C@H](C)N(C(=O)OC(C)(C)C)C[C@@H]3C)ncnc2c1=O. The minimum Gasteiger partial charge on any atom is -0.444 e. The molecule has 12 heteroatoms. The van der Waals surface area contributed by atoms with Crippen molar-refractivity contribution in [2.45, 2.75) is 84.7 Å². The van der Waals surface area contributed by atoms with Crippen LogP contribution in [-0.4, -0.2) is 77.7 Å². The molecule has 0 unspecified atom stereocenters. The summed E-state index contributed by atoms with van der Waals surface area (Å²) >= 11 is 0. The van der Waals surface area contributed by atoms with Gasteiger partial charge in [-0.3, -0.25) is 9.36 Å². The Hall–Kier alpha value is -4.06. The standard InChI is InChI=1S/C30H38N8O4/c1-18-10-11-22-21(13-34-38(22)23-9-7-8-12-41-23)26(18)37-17-33-24-25(28(37)39)31-16-32-27(24)35-14-20(3)36(15-19(35)2)29(40)42-30(4,5)6/h10-11,13,16-17,19-20,23H,7-9,12,14-15H2,1-6H3/t19-,20-,23-/m0/s1. The van der Waals surface area contributed by atoms with Gasteiger partial charge in [-0.15, -0.1) is 0 Å². The fraction of sp³-hybridized carbons (Fsp3) is 0.533. The number of hydrogen-bond acceptors (Lipinski definition) is 9. The van der Waals surface area contributed by atoms with Crippen LogP contribution in [-0.2, 0) is 9.47 Å².